The maximum atomic E-state index is 11.4. The number of fused-ring (bicyclic) bond motifs is 1. The Bertz CT molecular complexity index is 550. The highest BCUT2D eigenvalue weighted by Gasteiger charge is 2.15. The zero-order chi connectivity index (χ0) is 11.7. The van der Waals surface area contributed by atoms with E-state index in [2.05, 4.69) is 14.8 Å². The smallest absolute Gasteiger partial charge is 0.342 e. The molecule has 0 spiro atoms. The molecule has 2 heterocycles. The van der Waals surface area contributed by atoms with E-state index in [4.69, 9.17) is 11.6 Å². The first kappa shape index (κ1) is 10.9. The van der Waals surface area contributed by atoms with Gasteiger partial charge in [-0.1, -0.05) is 18.5 Å². The van der Waals surface area contributed by atoms with Gasteiger partial charge in [-0.25, -0.2) is 14.3 Å². The third-order valence-corrected chi connectivity index (χ3v) is 2.61. The molecule has 0 N–H and O–H groups in total. The second-order valence-corrected chi connectivity index (χ2v) is 3.57. The summed E-state index contributed by atoms with van der Waals surface area (Å²) in [4.78, 5) is 15.5. The lowest BCUT2D eigenvalue weighted by molar-refractivity contribution is 0.0600. The Morgan fingerprint density at radius 1 is 1.62 bits per heavy atom. The van der Waals surface area contributed by atoms with Gasteiger partial charge < -0.3 is 4.74 Å². The van der Waals surface area contributed by atoms with Crippen LogP contribution in [-0.2, 0) is 11.2 Å². The van der Waals surface area contributed by atoms with Crippen LogP contribution >= 0.6 is 11.6 Å². The molecule has 0 fully saturated rings. The molecule has 0 atom stereocenters. The van der Waals surface area contributed by atoms with Crippen molar-refractivity contribution < 1.29 is 9.53 Å². The number of hydrogen-bond acceptors (Lipinski definition) is 4. The molecular formula is C10H10ClN3O2. The summed E-state index contributed by atoms with van der Waals surface area (Å²) >= 11 is 6.05. The van der Waals surface area contributed by atoms with E-state index in [0.717, 1.165) is 12.1 Å². The second-order valence-electron chi connectivity index (χ2n) is 3.21. The van der Waals surface area contributed by atoms with Crippen molar-refractivity contribution in [3.63, 3.8) is 0 Å². The third-order valence-electron chi connectivity index (χ3n) is 2.24. The fourth-order valence-corrected chi connectivity index (χ4v) is 1.62. The van der Waals surface area contributed by atoms with E-state index in [1.807, 2.05) is 13.0 Å². The monoisotopic (exact) mass is 239 g/mol. The zero-order valence-electron chi connectivity index (χ0n) is 8.90. The van der Waals surface area contributed by atoms with E-state index < -0.39 is 5.97 Å². The molecule has 5 nitrogen and oxygen atoms in total. The highest BCUT2D eigenvalue weighted by molar-refractivity contribution is 6.32. The fraction of sp³-hybridized carbons (Fsp3) is 0.300. The molecule has 0 aliphatic heterocycles. The minimum Gasteiger partial charge on any atom is -0.465 e. The Morgan fingerprint density at radius 3 is 3.00 bits per heavy atom. The van der Waals surface area contributed by atoms with Crippen LogP contribution in [0.1, 0.15) is 23.0 Å². The van der Waals surface area contributed by atoms with Gasteiger partial charge in [0.2, 0.25) is 0 Å². The second kappa shape index (κ2) is 4.09. The Balaban J connectivity index is 2.64. The van der Waals surface area contributed by atoms with Crippen LogP contribution in [0, 0.1) is 0 Å². The molecule has 0 unspecified atom stereocenters. The first-order chi connectivity index (χ1) is 7.67. The summed E-state index contributed by atoms with van der Waals surface area (Å²) < 4.78 is 6.03. The predicted molar refractivity (Wildman–Crippen MR) is 58.7 cm³/mol. The Labute approximate surface area is 97.0 Å². The maximum absolute atomic E-state index is 11.4. The van der Waals surface area contributed by atoms with E-state index in [1.54, 1.807) is 0 Å². The lowest BCUT2D eigenvalue weighted by atomic mass is 10.3. The van der Waals surface area contributed by atoms with Crippen LogP contribution in [0.3, 0.4) is 0 Å². The van der Waals surface area contributed by atoms with Crippen LogP contribution in [0.2, 0.25) is 5.15 Å². The SMILES string of the molecule is CCc1cc2ncc(C(=O)OC)c(Cl)n2n1. The summed E-state index contributed by atoms with van der Waals surface area (Å²) in [5.41, 5.74) is 1.70. The molecule has 0 radical (unpaired) electrons. The molecule has 2 rings (SSSR count). The lowest BCUT2D eigenvalue weighted by Crippen LogP contribution is -2.06. The number of nitrogens with zero attached hydrogens (tertiary/aromatic N) is 3. The number of aromatic nitrogens is 3. The molecule has 84 valence electrons. The third kappa shape index (κ3) is 1.63. The summed E-state index contributed by atoms with van der Waals surface area (Å²) in [5.74, 6) is -0.520. The highest BCUT2D eigenvalue weighted by Crippen LogP contribution is 2.18. The number of aryl methyl sites for hydroxylation is 1. The quantitative estimate of drug-likeness (QED) is 0.592. The molecule has 6 heteroatoms. The molecule has 2 aromatic rings. The van der Waals surface area contributed by atoms with Crippen molar-refractivity contribution in [1.82, 2.24) is 14.6 Å². The molecule has 16 heavy (non-hydrogen) atoms. The first-order valence-electron chi connectivity index (χ1n) is 4.78. The van der Waals surface area contributed by atoms with Gasteiger partial charge in [-0.2, -0.15) is 5.10 Å². The van der Waals surface area contributed by atoms with Crippen LogP contribution in [0.25, 0.3) is 5.65 Å². The van der Waals surface area contributed by atoms with Crippen LogP contribution in [0.4, 0.5) is 0 Å². The van der Waals surface area contributed by atoms with Gasteiger partial charge in [0.05, 0.1) is 12.8 Å². The van der Waals surface area contributed by atoms with E-state index in [1.165, 1.54) is 17.8 Å². The summed E-state index contributed by atoms with van der Waals surface area (Å²) in [7, 11) is 1.30. The van der Waals surface area contributed by atoms with Gasteiger partial charge in [-0.3, -0.25) is 0 Å². The van der Waals surface area contributed by atoms with Gasteiger partial charge in [-0.15, -0.1) is 0 Å². The van der Waals surface area contributed by atoms with Crippen LogP contribution in [-0.4, -0.2) is 27.7 Å². The summed E-state index contributed by atoms with van der Waals surface area (Å²) in [6, 6.07) is 1.83. The van der Waals surface area contributed by atoms with E-state index in [-0.39, 0.29) is 10.7 Å². The maximum Gasteiger partial charge on any atom is 0.342 e. The summed E-state index contributed by atoms with van der Waals surface area (Å²) in [5, 5.41) is 4.44. The van der Waals surface area contributed by atoms with Gasteiger partial charge in [0.1, 0.15) is 10.7 Å². The van der Waals surface area contributed by atoms with Crippen molar-refractivity contribution in [1.29, 1.82) is 0 Å². The van der Waals surface area contributed by atoms with E-state index >= 15 is 0 Å². The van der Waals surface area contributed by atoms with Gasteiger partial charge in [0.15, 0.2) is 5.65 Å². The number of rotatable bonds is 2. The standard InChI is InChI=1S/C10H10ClN3O2/c1-3-6-4-8-12-5-7(10(15)16-2)9(11)14(8)13-6/h4-5H,3H2,1-2H3. The number of methoxy groups -OCH3 is 1. The fourth-order valence-electron chi connectivity index (χ4n) is 1.37. The van der Waals surface area contributed by atoms with Crippen LogP contribution in [0.15, 0.2) is 12.3 Å². The van der Waals surface area contributed by atoms with Gasteiger partial charge in [0, 0.05) is 12.3 Å². The van der Waals surface area contributed by atoms with Gasteiger partial charge in [0.25, 0.3) is 0 Å². The molecule has 0 bridgehead atoms. The lowest BCUT2D eigenvalue weighted by Gasteiger charge is -2.02. The van der Waals surface area contributed by atoms with Crippen LogP contribution < -0.4 is 0 Å². The molecule has 0 saturated heterocycles. The average molecular weight is 240 g/mol. The summed E-state index contributed by atoms with van der Waals surface area (Å²) in [6.45, 7) is 1.98. The number of ether oxygens (including phenoxy) is 1. The average Bonchev–Trinajstić information content (AvgIpc) is 2.72. The predicted octanol–water partition coefficient (Wildman–Crippen LogP) is 1.73. The molecule has 0 saturated carbocycles. The topological polar surface area (TPSA) is 56.5 Å². The van der Waals surface area contributed by atoms with Crippen molar-refractivity contribution in [2.75, 3.05) is 7.11 Å². The van der Waals surface area contributed by atoms with Gasteiger partial charge >= 0.3 is 5.97 Å². The minimum absolute atomic E-state index is 0.211. The highest BCUT2D eigenvalue weighted by atomic mass is 35.5. The summed E-state index contributed by atoms with van der Waals surface area (Å²) in [6.07, 6.45) is 2.18. The van der Waals surface area contributed by atoms with E-state index in [0.29, 0.717) is 5.65 Å². The Kier molecular flexibility index (Phi) is 2.78. The largest absolute Gasteiger partial charge is 0.465 e. The molecule has 0 aromatic carbocycles. The molecule has 0 aliphatic rings. The van der Waals surface area contributed by atoms with Crippen molar-refractivity contribution in [3.8, 4) is 0 Å². The molecule has 0 aliphatic carbocycles. The molecule has 0 amide bonds. The van der Waals surface area contributed by atoms with Crippen molar-refractivity contribution in [2.45, 2.75) is 13.3 Å². The zero-order valence-corrected chi connectivity index (χ0v) is 9.65. The Hall–Kier alpha value is -1.62. The molecule has 2 aromatic heterocycles. The number of hydrogen-bond donors (Lipinski definition) is 0. The first-order valence-corrected chi connectivity index (χ1v) is 5.16. The molecular weight excluding hydrogens is 230 g/mol. The normalized spacial score (nSPS) is 10.7. The number of carbonyl (C=O) groups is 1. The van der Waals surface area contributed by atoms with E-state index in [9.17, 15) is 4.79 Å². The van der Waals surface area contributed by atoms with Crippen molar-refractivity contribution >= 4 is 23.2 Å². The minimum atomic E-state index is -0.520. The van der Waals surface area contributed by atoms with Crippen molar-refractivity contribution in [3.05, 3.63) is 28.7 Å². The van der Waals surface area contributed by atoms with Gasteiger partial charge in [-0.05, 0) is 6.42 Å². The number of halogens is 1. The number of esters is 1. The number of carbonyl (C=O) groups excluding carboxylic acids is 1. The van der Waals surface area contributed by atoms with Crippen molar-refractivity contribution in [2.24, 2.45) is 0 Å². The Morgan fingerprint density at radius 2 is 2.38 bits per heavy atom. The van der Waals surface area contributed by atoms with Crippen LogP contribution in [0.5, 0.6) is 0 Å².